The normalized spacial score (nSPS) is 12.4. The average Bonchev–Trinajstić information content (AvgIpc) is 2.55. The van der Waals surface area contributed by atoms with Crippen LogP contribution in [0.5, 0.6) is 5.75 Å². The van der Waals surface area contributed by atoms with Crippen LogP contribution in [0.4, 0.5) is 5.69 Å². The lowest BCUT2D eigenvalue weighted by atomic mass is 10.3. The third kappa shape index (κ3) is 5.19. The first-order valence-corrected chi connectivity index (χ1v) is 10.9. The van der Waals surface area contributed by atoms with E-state index in [-0.39, 0.29) is 15.5 Å². The van der Waals surface area contributed by atoms with Gasteiger partial charge in [-0.15, -0.1) is 0 Å². The number of nitrogens with zero attached hydrogens (tertiary/aromatic N) is 1. The minimum Gasteiger partial charge on any atom is -0.426 e. The molecule has 0 saturated carbocycles. The van der Waals surface area contributed by atoms with Gasteiger partial charge < -0.3 is 4.74 Å². The van der Waals surface area contributed by atoms with Gasteiger partial charge in [-0.25, -0.2) is 8.42 Å². The average molecular weight is 462 g/mol. The maximum atomic E-state index is 12.3. The van der Waals surface area contributed by atoms with Crippen LogP contribution in [-0.2, 0) is 25.4 Å². The molecule has 0 spiro atoms. The number of esters is 1. The van der Waals surface area contributed by atoms with E-state index in [4.69, 9.17) is 4.74 Å². The summed E-state index contributed by atoms with van der Waals surface area (Å²) in [5.41, 5.74) is -0.636. The highest BCUT2D eigenvalue weighted by Crippen LogP contribution is 2.26. The first kappa shape index (κ1) is 20.2. The molecule has 2 aromatic rings. The molecule has 0 N–H and O–H groups in total. The van der Waals surface area contributed by atoms with Gasteiger partial charge in [-0.3, -0.25) is 19.1 Å². The summed E-state index contributed by atoms with van der Waals surface area (Å²) in [7, 11) is -5.75. The van der Waals surface area contributed by atoms with Crippen LogP contribution < -0.4 is 4.74 Å². The minimum absolute atomic E-state index is 0.233. The number of benzene rings is 2. The summed E-state index contributed by atoms with van der Waals surface area (Å²) in [5.74, 6) is -1.22. The first-order valence-electron chi connectivity index (χ1n) is 6.91. The zero-order chi connectivity index (χ0) is 19.5. The maximum Gasteiger partial charge on any atom is 0.324 e. The Hall–Kier alpha value is -2.11. The summed E-state index contributed by atoms with van der Waals surface area (Å²) < 4.78 is 41.2. The van der Waals surface area contributed by atoms with Gasteiger partial charge in [0.15, 0.2) is 9.84 Å². The molecule has 0 aliphatic rings. The van der Waals surface area contributed by atoms with Crippen molar-refractivity contribution >= 4 is 48.2 Å². The second kappa shape index (κ2) is 8.06. The molecule has 0 aliphatic heterocycles. The van der Waals surface area contributed by atoms with Crippen molar-refractivity contribution in [3.05, 3.63) is 57.1 Å². The van der Waals surface area contributed by atoms with E-state index >= 15 is 0 Å². The van der Waals surface area contributed by atoms with Gasteiger partial charge in [0.1, 0.15) is 16.4 Å². The largest absolute Gasteiger partial charge is 0.426 e. The Kier molecular flexibility index (Phi) is 6.26. The quantitative estimate of drug-likeness (QED) is 0.280. The summed E-state index contributed by atoms with van der Waals surface area (Å²) in [6, 6.07) is 9.33. The van der Waals surface area contributed by atoms with Gasteiger partial charge in [-0.2, -0.15) is 0 Å². The van der Waals surface area contributed by atoms with Gasteiger partial charge >= 0.3 is 5.97 Å². The van der Waals surface area contributed by atoms with Gasteiger partial charge in [0, 0.05) is 16.8 Å². The van der Waals surface area contributed by atoms with Crippen molar-refractivity contribution in [2.45, 2.75) is 9.79 Å². The maximum absolute atomic E-state index is 12.3. The lowest BCUT2D eigenvalue weighted by Crippen LogP contribution is -2.17. The van der Waals surface area contributed by atoms with Crippen molar-refractivity contribution in [1.82, 2.24) is 0 Å². The van der Waals surface area contributed by atoms with Crippen molar-refractivity contribution in [3.8, 4) is 5.75 Å². The van der Waals surface area contributed by atoms with Crippen molar-refractivity contribution in [1.29, 1.82) is 0 Å². The molecule has 8 nitrogen and oxygen atoms in total. The lowest BCUT2D eigenvalue weighted by molar-refractivity contribution is -0.388. The zero-order valence-electron chi connectivity index (χ0n) is 13.2. The number of hydrogen-bond donors (Lipinski definition) is 0. The van der Waals surface area contributed by atoms with Crippen molar-refractivity contribution in [2.24, 2.45) is 0 Å². The number of rotatable bonds is 6. The third-order valence-corrected chi connectivity index (χ3v) is 6.07. The summed E-state index contributed by atoms with van der Waals surface area (Å²) in [6.45, 7) is 0. The van der Waals surface area contributed by atoms with Crippen LogP contribution in [0.25, 0.3) is 0 Å². The molecule has 2 aromatic carbocycles. The Bertz CT molecular complexity index is 988. The Labute approximate surface area is 159 Å². The highest BCUT2D eigenvalue weighted by Gasteiger charge is 2.24. The fourth-order valence-electron chi connectivity index (χ4n) is 1.91. The molecule has 0 bridgehead atoms. The molecular formula is C15H12BrNO7S2. The fraction of sp³-hybridized carbons (Fsp3) is 0.133. The summed E-state index contributed by atoms with van der Waals surface area (Å²) in [6.07, 6.45) is 0.901. The Morgan fingerprint density at radius 2 is 1.85 bits per heavy atom. The van der Waals surface area contributed by atoms with E-state index in [0.29, 0.717) is 0 Å². The standard InChI is InChI=1S/C15H12BrNO7S2/c1-26(22,23)12-6-7-14(13(8-12)17(19)20)25(21)9-15(18)24-11-4-2-10(16)3-5-11/h2-8H,9H2,1H3. The molecular weight excluding hydrogens is 450 g/mol. The van der Waals surface area contributed by atoms with Crippen molar-refractivity contribution < 1.29 is 27.1 Å². The number of carbonyl (C=O) groups is 1. The molecule has 0 amide bonds. The fourth-order valence-corrected chi connectivity index (χ4v) is 3.83. The lowest BCUT2D eigenvalue weighted by Gasteiger charge is -2.06. The molecule has 1 unspecified atom stereocenters. The van der Waals surface area contributed by atoms with Crippen molar-refractivity contribution in [2.75, 3.05) is 12.0 Å². The zero-order valence-corrected chi connectivity index (χ0v) is 16.5. The van der Waals surface area contributed by atoms with Crippen LogP contribution in [0, 0.1) is 10.1 Å². The molecule has 0 radical (unpaired) electrons. The number of sulfone groups is 1. The van der Waals surface area contributed by atoms with Gasteiger partial charge in [0.2, 0.25) is 0 Å². The number of carbonyl (C=O) groups excluding carboxylic acids is 1. The topological polar surface area (TPSA) is 121 Å². The molecule has 0 aromatic heterocycles. The smallest absolute Gasteiger partial charge is 0.324 e. The molecule has 0 aliphatic carbocycles. The third-order valence-electron chi connectivity index (χ3n) is 3.09. The van der Waals surface area contributed by atoms with E-state index < -0.39 is 43.0 Å². The van der Waals surface area contributed by atoms with Gasteiger partial charge in [0.25, 0.3) is 5.69 Å². The van der Waals surface area contributed by atoms with Crippen LogP contribution in [-0.4, -0.2) is 35.5 Å². The SMILES string of the molecule is CS(=O)(=O)c1ccc(S(=O)CC(=O)Oc2ccc(Br)cc2)c([N+](=O)[O-])c1. The molecule has 0 saturated heterocycles. The van der Waals surface area contributed by atoms with Crippen LogP contribution in [0.1, 0.15) is 0 Å². The van der Waals surface area contributed by atoms with Crippen LogP contribution in [0.15, 0.2) is 56.7 Å². The number of hydrogen-bond acceptors (Lipinski definition) is 7. The summed E-state index contributed by atoms with van der Waals surface area (Å²) in [5, 5.41) is 11.2. The second-order valence-corrected chi connectivity index (χ2v) is 9.43. The second-order valence-electron chi connectivity index (χ2n) is 5.08. The Morgan fingerprint density at radius 1 is 1.23 bits per heavy atom. The highest BCUT2D eigenvalue weighted by atomic mass is 79.9. The van der Waals surface area contributed by atoms with E-state index in [1.807, 2.05) is 0 Å². The Morgan fingerprint density at radius 3 is 2.38 bits per heavy atom. The minimum atomic E-state index is -3.67. The summed E-state index contributed by atoms with van der Waals surface area (Å²) >= 11 is 3.23. The molecule has 138 valence electrons. The van der Waals surface area contributed by atoms with Gasteiger partial charge in [-0.05, 0) is 36.4 Å². The van der Waals surface area contributed by atoms with E-state index in [1.165, 1.54) is 12.1 Å². The molecule has 0 heterocycles. The number of nitro groups is 1. The number of nitro benzene ring substituents is 1. The number of halogens is 1. The first-order chi connectivity index (χ1) is 12.1. The van der Waals surface area contributed by atoms with Gasteiger partial charge in [0.05, 0.1) is 20.6 Å². The van der Waals surface area contributed by atoms with E-state index in [1.54, 1.807) is 12.1 Å². The van der Waals surface area contributed by atoms with Crippen LogP contribution in [0.2, 0.25) is 0 Å². The van der Waals surface area contributed by atoms with Gasteiger partial charge in [-0.1, -0.05) is 15.9 Å². The molecule has 26 heavy (non-hydrogen) atoms. The van der Waals surface area contributed by atoms with E-state index in [0.717, 1.165) is 28.9 Å². The van der Waals surface area contributed by atoms with E-state index in [2.05, 4.69) is 15.9 Å². The predicted molar refractivity (Wildman–Crippen MR) is 97.3 cm³/mol. The van der Waals surface area contributed by atoms with Crippen LogP contribution >= 0.6 is 15.9 Å². The number of ether oxygens (including phenoxy) is 1. The summed E-state index contributed by atoms with van der Waals surface area (Å²) in [4.78, 5) is 21.7. The van der Waals surface area contributed by atoms with Crippen LogP contribution in [0.3, 0.4) is 0 Å². The monoisotopic (exact) mass is 461 g/mol. The van der Waals surface area contributed by atoms with Crippen molar-refractivity contribution in [3.63, 3.8) is 0 Å². The molecule has 0 fully saturated rings. The highest BCUT2D eigenvalue weighted by molar-refractivity contribution is 9.10. The predicted octanol–water partition coefficient (Wildman–Crippen LogP) is 2.47. The molecule has 11 heteroatoms. The Balaban J connectivity index is 2.21. The molecule has 1 atom stereocenters. The van der Waals surface area contributed by atoms with E-state index in [9.17, 15) is 27.5 Å². The molecule has 2 rings (SSSR count).